The van der Waals surface area contributed by atoms with Crippen LogP contribution in [0.25, 0.3) is 0 Å². The van der Waals surface area contributed by atoms with Crippen LogP contribution in [0.3, 0.4) is 0 Å². The van der Waals surface area contributed by atoms with Gasteiger partial charge in [-0.25, -0.2) is 4.39 Å². The second kappa shape index (κ2) is 9.60. The summed E-state index contributed by atoms with van der Waals surface area (Å²) < 4.78 is 24.1. The van der Waals surface area contributed by atoms with Crippen LogP contribution in [0.1, 0.15) is 11.1 Å². The third-order valence-corrected chi connectivity index (χ3v) is 3.76. The zero-order valence-electron chi connectivity index (χ0n) is 13.1. The first-order chi connectivity index (χ1) is 10.7. The van der Waals surface area contributed by atoms with Crippen molar-refractivity contribution in [1.82, 2.24) is 5.32 Å². The Hall–Kier alpha value is -1.49. The topological polar surface area (TPSA) is 30.5 Å². The molecule has 0 spiro atoms. The molecular weight excluding hydrogens is 340 g/mol. The minimum Gasteiger partial charge on any atom is -0.493 e. The van der Waals surface area contributed by atoms with Crippen molar-refractivity contribution in [2.75, 3.05) is 20.8 Å². The first-order valence-electron chi connectivity index (χ1n) is 7.00. The van der Waals surface area contributed by atoms with Gasteiger partial charge in [-0.15, -0.1) is 12.4 Å². The van der Waals surface area contributed by atoms with Crippen LogP contribution >= 0.6 is 24.0 Å². The van der Waals surface area contributed by atoms with E-state index in [1.165, 1.54) is 6.07 Å². The fourth-order valence-corrected chi connectivity index (χ4v) is 2.41. The summed E-state index contributed by atoms with van der Waals surface area (Å²) in [6.07, 6.45) is 0.798. The summed E-state index contributed by atoms with van der Waals surface area (Å²) in [5, 5.41) is 3.64. The van der Waals surface area contributed by atoms with Crippen LogP contribution < -0.4 is 14.8 Å². The summed E-state index contributed by atoms with van der Waals surface area (Å²) in [5.41, 5.74) is 1.61. The van der Waals surface area contributed by atoms with Crippen molar-refractivity contribution < 1.29 is 13.9 Å². The number of methoxy groups -OCH3 is 2. The monoisotopic (exact) mass is 359 g/mol. The first-order valence-corrected chi connectivity index (χ1v) is 7.38. The minimum absolute atomic E-state index is 0. The van der Waals surface area contributed by atoms with Gasteiger partial charge < -0.3 is 14.8 Å². The largest absolute Gasteiger partial charge is 0.493 e. The number of ether oxygens (including phenoxy) is 2. The summed E-state index contributed by atoms with van der Waals surface area (Å²) >= 11 is 5.99. The molecule has 2 rings (SSSR count). The van der Waals surface area contributed by atoms with Crippen molar-refractivity contribution in [3.05, 3.63) is 58.4 Å². The molecule has 0 atom stereocenters. The van der Waals surface area contributed by atoms with Crippen molar-refractivity contribution in [2.24, 2.45) is 0 Å². The van der Waals surface area contributed by atoms with Crippen molar-refractivity contribution in [1.29, 1.82) is 0 Å². The van der Waals surface area contributed by atoms with Gasteiger partial charge in [0.05, 0.1) is 14.2 Å². The van der Waals surface area contributed by atoms with Gasteiger partial charge in [0, 0.05) is 17.1 Å². The molecule has 23 heavy (non-hydrogen) atoms. The molecule has 0 saturated carbocycles. The van der Waals surface area contributed by atoms with Crippen LogP contribution in [0.2, 0.25) is 5.02 Å². The highest BCUT2D eigenvalue weighted by atomic mass is 35.5. The van der Waals surface area contributed by atoms with E-state index in [0.717, 1.165) is 12.0 Å². The van der Waals surface area contributed by atoms with E-state index < -0.39 is 0 Å². The molecule has 0 aliphatic carbocycles. The van der Waals surface area contributed by atoms with E-state index in [1.807, 2.05) is 18.2 Å². The van der Waals surface area contributed by atoms with E-state index in [1.54, 1.807) is 26.4 Å². The predicted molar refractivity (Wildman–Crippen MR) is 93.6 cm³/mol. The van der Waals surface area contributed by atoms with Gasteiger partial charge in [0.1, 0.15) is 5.82 Å². The van der Waals surface area contributed by atoms with Gasteiger partial charge in [0.15, 0.2) is 11.5 Å². The maximum atomic E-state index is 13.6. The van der Waals surface area contributed by atoms with Gasteiger partial charge in [-0.05, 0) is 42.8 Å². The number of halogens is 3. The van der Waals surface area contributed by atoms with Crippen molar-refractivity contribution in [3.8, 4) is 11.5 Å². The third-order valence-electron chi connectivity index (χ3n) is 3.40. The second-order valence-electron chi connectivity index (χ2n) is 4.82. The smallest absolute Gasteiger partial charge is 0.160 e. The summed E-state index contributed by atoms with van der Waals surface area (Å²) in [7, 11) is 3.22. The maximum Gasteiger partial charge on any atom is 0.160 e. The maximum absolute atomic E-state index is 13.6. The van der Waals surface area contributed by atoms with Crippen molar-refractivity contribution >= 4 is 24.0 Å². The molecule has 3 nitrogen and oxygen atoms in total. The zero-order chi connectivity index (χ0) is 15.9. The average molecular weight is 360 g/mol. The summed E-state index contributed by atoms with van der Waals surface area (Å²) in [6.45, 7) is 1.11. The average Bonchev–Trinajstić information content (AvgIpc) is 2.53. The van der Waals surface area contributed by atoms with E-state index in [-0.39, 0.29) is 18.2 Å². The molecular formula is C17H20Cl2FNO2. The highest BCUT2D eigenvalue weighted by Crippen LogP contribution is 2.27. The van der Waals surface area contributed by atoms with Crippen LogP contribution in [-0.4, -0.2) is 20.8 Å². The Labute approximate surface area is 147 Å². The number of hydrogen-bond acceptors (Lipinski definition) is 3. The van der Waals surface area contributed by atoms with E-state index in [0.29, 0.717) is 35.2 Å². The molecule has 0 bridgehead atoms. The summed E-state index contributed by atoms with van der Waals surface area (Å²) in [6, 6.07) is 10.5. The normalized spacial score (nSPS) is 10.1. The van der Waals surface area contributed by atoms with E-state index in [2.05, 4.69) is 5.32 Å². The van der Waals surface area contributed by atoms with Crippen LogP contribution in [0.15, 0.2) is 36.4 Å². The lowest BCUT2D eigenvalue weighted by atomic mass is 10.1. The number of rotatable bonds is 7. The van der Waals surface area contributed by atoms with E-state index in [4.69, 9.17) is 21.1 Å². The van der Waals surface area contributed by atoms with Crippen LogP contribution in [0.5, 0.6) is 11.5 Å². The Morgan fingerprint density at radius 2 is 1.83 bits per heavy atom. The quantitative estimate of drug-likeness (QED) is 0.749. The van der Waals surface area contributed by atoms with Crippen molar-refractivity contribution in [3.63, 3.8) is 0 Å². The molecule has 0 saturated heterocycles. The fourth-order valence-electron chi connectivity index (χ4n) is 2.18. The Morgan fingerprint density at radius 1 is 1.09 bits per heavy atom. The highest BCUT2D eigenvalue weighted by Gasteiger charge is 2.07. The molecule has 0 aliphatic rings. The number of hydrogen-bond donors (Lipinski definition) is 1. The van der Waals surface area contributed by atoms with Gasteiger partial charge >= 0.3 is 0 Å². The Morgan fingerprint density at radius 3 is 2.48 bits per heavy atom. The Bertz CT molecular complexity index is 618. The SMILES string of the molecule is COc1ccc(CCNCc2c(F)cccc2Cl)cc1OC.Cl. The molecule has 2 aromatic rings. The summed E-state index contributed by atoms with van der Waals surface area (Å²) in [5.74, 6) is 1.13. The predicted octanol–water partition coefficient (Wildman–Crippen LogP) is 4.25. The van der Waals surface area contributed by atoms with Crippen LogP contribution in [0.4, 0.5) is 4.39 Å². The molecule has 0 fully saturated rings. The number of nitrogens with one attached hydrogen (secondary N) is 1. The van der Waals surface area contributed by atoms with E-state index >= 15 is 0 Å². The Kier molecular flexibility index (Phi) is 8.17. The molecule has 0 unspecified atom stereocenters. The molecule has 6 heteroatoms. The minimum atomic E-state index is -0.286. The number of benzene rings is 2. The van der Waals surface area contributed by atoms with Crippen LogP contribution in [-0.2, 0) is 13.0 Å². The lowest BCUT2D eigenvalue weighted by Crippen LogP contribution is -2.17. The van der Waals surface area contributed by atoms with Crippen LogP contribution in [0, 0.1) is 5.82 Å². The lowest BCUT2D eigenvalue weighted by Gasteiger charge is -2.10. The molecule has 0 heterocycles. The fraction of sp³-hybridized carbons (Fsp3) is 0.294. The van der Waals surface area contributed by atoms with Gasteiger partial charge in [-0.3, -0.25) is 0 Å². The van der Waals surface area contributed by atoms with E-state index in [9.17, 15) is 4.39 Å². The molecule has 0 amide bonds. The standard InChI is InChI=1S/C17H19ClFNO2.ClH/c1-21-16-7-6-12(10-17(16)22-2)8-9-20-11-13-14(18)4-3-5-15(13)19;/h3-7,10,20H,8-9,11H2,1-2H3;1H. The van der Waals surface area contributed by atoms with Gasteiger partial charge in [-0.2, -0.15) is 0 Å². The lowest BCUT2D eigenvalue weighted by molar-refractivity contribution is 0.354. The van der Waals surface area contributed by atoms with Crippen molar-refractivity contribution in [2.45, 2.75) is 13.0 Å². The zero-order valence-corrected chi connectivity index (χ0v) is 14.6. The van der Waals surface area contributed by atoms with Gasteiger partial charge in [0.25, 0.3) is 0 Å². The molecule has 126 valence electrons. The molecule has 0 aromatic heterocycles. The molecule has 2 aromatic carbocycles. The first kappa shape index (κ1) is 19.6. The molecule has 1 N–H and O–H groups in total. The molecule has 0 radical (unpaired) electrons. The third kappa shape index (κ3) is 5.27. The Balaban J connectivity index is 0.00000264. The summed E-state index contributed by atoms with van der Waals surface area (Å²) in [4.78, 5) is 0. The molecule has 0 aliphatic heterocycles. The second-order valence-corrected chi connectivity index (χ2v) is 5.22. The highest BCUT2D eigenvalue weighted by molar-refractivity contribution is 6.31. The van der Waals surface area contributed by atoms with Gasteiger partial charge in [0.2, 0.25) is 0 Å². The van der Waals surface area contributed by atoms with Gasteiger partial charge in [-0.1, -0.05) is 23.7 Å².